The zero-order chi connectivity index (χ0) is 27.8. The molecule has 8 heteroatoms. The first-order valence-corrected chi connectivity index (χ1v) is 11.0. The molecule has 0 atom stereocenters. The first-order valence-electron chi connectivity index (χ1n) is 7.39. The lowest BCUT2D eigenvalue weighted by atomic mass is 10.8. The molecule has 0 aliphatic carbocycles. The van der Waals surface area contributed by atoms with Crippen LogP contribution in [0.4, 0.5) is 0 Å². The van der Waals surface area contributed by atoms with E-state index in [4.69, 9.17) is 0 Å². The van der Waals surface area contributed by atoms with E-state index in [0.29, 0.717) is 0 Å². The number of rotatable bonds is 5. The Balaban J connectivity index is -0.0000000233. The predicted molar refractivity (Wildman–Crippen MR) is 143 cm³/mol. The zero-order valence-corrected chi connectivity index (χ0v) is 21.0. The van der Waals surface area contributed by atoms with Gasteiger partial charge in [-0.25, -0.2) is 0 Å². The van der Waals surface area contributed by atoms with Crippen molar-refractivity contribution in [3.8, 4) is 0 Å². The van der Waals surface area contributed by atoms with E-state index in [-0.39, 0.29) is 13.2 Å². The van der Waals surface area contributed by atoms with Crippen molar-refractivity contribution >= 4 is 20.2 Å². The minimum absolute atomic E-state index is 0.300. The average Bonchev–Trinajstić information content (AvgIpc) is 2.82. The van der Waals surface area contributed by atoms with E-state index in [1.165, 1.54) is 0 Å². The van der Waals surface area contributed by atoms with Gasteiger partial charge in [-0.15, -0.1) is 118 Å². The highest BCUT2D eigenvalue weighted by Gasteiger charge is 2.04. The van der Waals surface area contributed by atoms with Crippen LogP contribution in [-0.2, 0) is 28.6 Å². The van der Waals surface area contributed by atoms with Crippen LogP contribution in [0.25, 0.3) is 0 Å². The Labute approximate surface area is 189 Å². The van der Waals surface area contributed by atoms with Crippen molar-refractivity contribution in [1.82, 2.24) is 0 Å². The smallest absolute Gasteiger partial charge is 0.264 e. The molecule has 0 rings (SSSR count). The van der Waals surface area contributed by atoms with Gasteiger partial charge in [0, 0.05) is 0 Å². The van der Waals surface area contributed by atoms with Crippen LogP contribution in [0.15, 0.2) is 118 Å². The van der Waals surface area contributed by atoms with Gasteiger partial charge in [-0.1, -0.05) is 0 Å². The molecule has 6 nitrogen and oxygen atoms in total. The number of hydrogen-bond acceptors (Lipinski definition) is 6. The van der Waals surface area contributed by atoms with Crippen LogP contribution in [0.1, 0.15) is 0 Å². The molecule has 0 radical (unpaired) electrons. The molecule has 0 spiro atoms. The third kappa shape index (κ3) is 364. The SMILES string of the molecule is C=C.C=C.C=C.C=C.C=C.C=C.C=C.C=C.C=C.CS(=O)(=O)OCCOS(C)(=O)=O. The molecular formula is C22H46O6S2. The van der Waals surface area contributed by atoms with Crippen LogP contribution in [0.3, 0.4) is 0 Å². The van der Waals surface area contributed by atoms with Gasteiger partial charge in [0.15, 0.2) is 0 Å². The second kappa shape index (κ2) is 94.6. The predicted octanol–water partition coefficient (Wildman–Crippen LogP) is 6.16. The molecule has 0 unspecified atom stereocenters. The summed E-state index contributed by atoms with van der Waals surface area (Å²) >= 11 is 0. The molecule has 182 valence electrons. The van der Waals surface area contributed by atoms with E-state index >= 15 is 0 Å². The second-order valence-electron chi connectivity index (χ2n) is 2.05. The maximum Gasteiger partial charge on any atom is 0.264 e. The van der Waals surface area contributed by atoms with E-state index in [1.807, 2.05) is 0 Å². The topological polar surface area (TPSA) is 86.7 Å². The van der Waals surface area contributed by atoms with Crippen molar-refractivity contribution in [2.24, 2.45) is 0 Å². The molecule has 0 heterocycles. The molecule has 0 aromatic rings. The first-order chi connectivity index (χ1) is 14.2. The van der Waals surface area contributed by atoms with Gasteiger partial charge in [-0.2, -0.15) is 16.8 Å². The highest BCUT2D eigenvalue weighted by molar-refractivity contribution is 7.86. The van der Waals surface area contributed by atoms with Gasteiger partial charge in [0.05, 0.1) is 25.7 Å². The van der Waals surface area contributed by atoms with Crippen LogP contribution in [0.2, 0.25) is 0 Å². The molecule has 0 bridgehead atoms. The quantitative estimate of drug-likeness (QED) is 0.272. The van der Waals surface area contributed by atoms with E-state index in [0.717, 1.165) is 12.5 Å². The minimum atomic E-state index is -3.52. The molecule has 0 aromatic heterocycles. The lowest BCUT2D eigenvalue weighted by Crippen LogP contribution is -2.12. The average molecular weight is 471 g/mol. The summed E-state index contributed by atoms with van der Waals surface area (Å²) in [5.41, 5.74) is 0. The lowest BCUT2D eigenvalue weighted by molar-refractivity contribution is 0.227. The Morgan fingerprint density at radius 1 is 0.400 bits per heavy atom. The summed E-state index contributed by atoms with van der Waals surface area (Å²) in [6.45, 7) is 53.4. The number of hydrogen-bond donors (Lipinski definition) is 0. The minimum Gasteiger partial charge on any atom is -0.268 e. The molecular weight excluding hydrogens is 424 g/mol. The molecule has 0 fully saturated rings. The van der Waals surface area contributed by atoms with Gasteiger partial charge in [-0.3, -0.25) is 8.37 Å². The fourth-order valence-electron chi connectivity index (χ4n) is 0.371. The Bertz CT molecular complexity index is 384. The zero-order valence-electron chi connectivity index (χ0n) is 19.4. The fraction of sp³-hybridized carbons (Fsp3) is 0.182. The van der Waals surface area contributed by atoms with Gasteiger partial charge in [-0.05, 0) is 0 Å². The summed E-state index contributed by atoms with van der Waals surface area (Å²) in [4.78, 5) is 0. The van der Waals surface area contributed by atoms with Gasteiger partial charge >= 0.3 is 0 Å². The van der Waals surface area contributed by atoms with Gasteiger partial charge in [0.25, 0.3) is 20.2 Å². The molecule has 0 saturated carbocycles. The molecule has 0 N–H and O–H groups in total. The van der Waals surface area contributed by atoms with Crippen molar-refractivity contribution in [2.75, 3.05) is 25.7 Å². The van der Waals surface area contributed by atoms with E-state index < -0.39 is 20.2 Å². The third-order valence-corrected chi connectivity index (χ3v) is 1.87. The Morgan fingerprint density at radius 2 is 0.500 bits per heavy atom. The molecule has 0 aliphatic heterocycles. The van der Waals surface area contributed by atoms with E-state index in [9.17, 15) is 16.8 Å². The fourth-order valence-corrected chi connectivity index (χ4v) is 1.11. The Hall–Kier alpha value is -2.52. The maximum atomic E-state index is 10.3. The van der Waals surface area contributed by atoms with Crippen molar-refractivity contribution in [3.63, 3.8) is 0 Å². The Morgan fingerprint density at radius 3 is 0.567 bits per heavy atom. The van der Waals surface area contributed by atoms with Crippen LogP contribution in [0.5, 0.6) is 0 Å². The molecule has 30 heavy (non-hydrogen) atoms. The molecule has 0 saturated heterocycles. The molecule has 0 aliphatic rings. The summed E-state index contributed by atoms with van der Waals surface area (Å²) in [5.74, 6) is 0. The van der Waals surface area contributed by atoms with Crippen molar-refractivity contribution in [1.29, 1.82) is 0 Å². The lowest BCUT2D eigenvalue weighted by Gasteiger charge is -2.00. The standard InChI is InChI=1S/C4H10O6S2.9C2H4/c1-11(5,6)9-3-4-10-12(2,7)8;9*1-2/h3-4H2,1-2H3;9*1-2H2. The van der Waals surface area contributed by atoms with Crippen LogP contribution in [0, 0.1) is 0 Å². The summed E-state index contributed by atoms with van der Waals surface area (Å²) < 4.78 is 49.7. The molecule has 0 amide bonds. The van der Waals surface area contributed by atoms with Gasteiger partial charge in [0.1, 0.15) is 0 Å². The monoisotopic (exact) mass is 470 g/mol. The second-order valence-corrected chi connectivity index (χ2v) is 5.34. The summed E-state index contributed by atoms with van der Waals surface area (Å²) in [7, 11) is -7.03. The normalized spacial score (nSPS) is 6.47. The highest BCUT2D eigenvalue weighted by Crippen LogP contribution is 1.89. The van der Waals surface area contributed by atoms with Crippen LogP contribution >= 0.6 is 0 Å². The van der Waals surface area contributed by atoms with Gasteiger partial charge < -0.3 is 0 Å². The maximum absolute atomic E-state index is 10.3. The van der Waals surface area contributed by atoms with Crippen molar-refractivity contribution in [2.45, 2.75) is 0 Å². The van der Waals surface area contributed by atoms with E-state index in [2.05, 4.69) is 127 Å². The summed E-state index contributed by atoms with van der Waals surface area (Å²) in [6, 6.07) is 0. The van der Waals surface area contributed by atoms with Gasteiger partial charge in [0.2, 0.25) is 0 Å². The summed E-state index contributed by atoms with van der Waals surface area (Å²) in [6.07, 6.45) is 1.74. The summed E-state index contributed by atoms with van der Waals surface area (Å²) in [5, 5.41) is 0. The highest BCUT2D eigenvalue weighted by atomic mass is 32.2. The Kier molecular flexibility index (Phi) is 199. The van der Waals surface area contributed by atoms with Crippen LogP contribution < -0.4 is 0 Å². The van der Waals surface area contributed by atoms with Crippen LogP contribution in [-0.4, -0.2) is 42.6 Å². The van der Waals surface area contributed by atoms with E-state index in [1.54, 1.807) is 0 Å². The molecule has 0 aromatic carbocycles. The van der Waals surface area contributed by atoms with Crippen molar-refractivity contribution < 1.29 is 25.2 Å². The van der Waals surface area contributed by atoms with Crippen molar-refractivity contribution in [3.05, 3.63) is 118 Å². The third-order valence-electron chi connectivity index (χ3n) is 0.678. The largest absolute Gasteiger partial charge is 0.268 e. The first kappa shape index (κ1) is 63.1.